The van der Waals surface area contributed by atoms with E-state index in [-0.39, 0.29) is 0 Å². The first kappa shape index (κ1) is 6.33. The second-order valence-electron chi connectivity index (χ2n) is 2.27. The molecular formula is C5H11ClN2. The third-order valence-electron chi connectivity index (χ3n) is 1.41. The maximum absolute atomic E-state index is 5.66. The van der Waals surface area contributed by atoms with E-state index in [2.05, 4.69) is 0 Å². The normalized spacial score (nSPS) is 33.0. The van der Waals surface area contributed by atoms with Gasteiger partial charge in [-0.1, -0.05) is 0 Å². The van der Waals surface area contributed by atoms with Crippen molar-refractivity contribution in [2.24, 2.45) is 5.73 Å². The van der Waals surface area contributed by atoms with Crippen LogP contribution in [0.15, 0.2) is 0 Å². The summed E-state index contributed by atoms with van der Waals surface area (Å²) in [5, 5.41) is 0. The Morgan fingerprint density at radius 3 is 2.75 bits per heavy atom. The van der Waals surface area contributed by atoms with Crippen LogP contribution in [0.2, 0.25) is 0 Å². The predicted molar refractivity (Wildman–Crippen MR) is 34.6 cm³/mol. The molecule has 1 rings (SSSR count). The molecule has 1 unspecified atom stereocenters. The zero-order valence-corrected chi connectivity index (χ0v) is 5.56. The number of hydrogen-bond donors (Lipinski definition) is 1. The monoisotopic (exact) mass is 134 g/mol. The van der Waals surface area contributed by atoms with Crippen LogP contribution in [0.3, 0.4) is 0 Å². The average molecular weight is 135 g/mol. The van der Waals surface area contributed by atoms with Gasteiger partial charge in [0.25, 0.3) is 0 Å². The largest absolute Gasteiger partial charge is 0.326 e. The predicted octanol–water partition coefficient (Wildman–Crippen LogP) is 0.563. The molecule has 1 aliphatic heterocycles. The zero-order valence-electron chi connectivity index (χ0n) is 4.81. The molecule has 0 spiro atoms. The number of hydrogen-bond acceptors (Lipinski definition) is 2. The van der Waals surface area contributed by atoms with Crippen molar-refractivity contribution in [2.75, 3.05) is 13.1 Å². The molecule has 8 heavy (non-hydrogen) atoms. The van der Waals surface area contributed by atoms with E-state index in [0.29, 0.717) is 6.04 Å². The van der Waals surface area contributed by atoms with Crippen LogP contribution in [0.5, 0.6) is 0 Å². The maximum Gasteiger partial charge on any atom is 0.0290 e. The first-order valence-corrected chi connectivity index (χ1v) is 3.29. The van der Waals surface area contributed by atoms with Crippen LogP contribution < -0.4 is 5.73 Å². The summed E-state index contributed by atoms with van der Waals surface area (Å²) in [6.45, 7) is 1.84. The Balaban J connectivity index is 2.23. The Bertz CT molecular complexity index is 68.8. The second kappa shape index (κ2) is 2.67. The van der Waals surface area contributed by atoms with E-state index in [0.717, 1.165) is 25.9 Å². The lowest BCUT2D eigenvalue weighted by molar-refractivity contribution is 0.332. The lowest BCUT2D eigenvalue weighted by Gasteiger charge is -2.23. The van der Waals surface area contributed by atoms with Gasteiger partial charge in [0.15, 0.2) is 0 Å². The summed E-state index contributed by atoms with van der Waals surface area (Å²) < 4.78 is 1.76. The van der Waals surface area contributed by atoms with E-state index < -0.39 is 0 Å². The summed E-state index contributed by atoms with van der Waals surface area (Å²) in [5.74, 6) is 0. The second-order valence-corrected chi connectivity index (χ2v) is 2.75. The minimum atomic E-state index is 0.307. The van der Waals surface area contributed by atoms with Crippen molar-refractivity contribution < 1.29 is 0 Å². The number of rotatable bonds is 0. The Labute approximate surface area is 54.7 Å². The number of nitrogens with zero attached hydrogens (tertiary/aromatic N) is 1. The van der Waals surface area contributed by atoms with E-state index in [1.54, 1.807) is 4.42 Å². The number of nitrogens with two attached hydrogens (primary N) is 1. The molecule has 0 aromatic heterocycles. The molecule has 3 heteroatoms. The van der Waals surface area contributed by atoms with Crippen LogP contribution in [0.25, 0.3) is 0 Å². The molecule has 0 aliphatic carbocycles. The van der Waals surface area contributed by atoms with Crippen LogP contribution in [0, 0.1) is 0 Å². The minimum Gasteiger partial charge on any atom is -0.326 e. The van der Waals surface area contributed by atoms with Crippen LogP contribution in [-0.2, 0) is 0 Å². The van der Waals surface area contributed by atoms with Gasteiger partial charge in [0.05, 0.1) is 0 Å². The van der Waals surface area contributed by atoms with E-state index in [9.17, 15) is 0 Å². The van der Waals surface area contributed by atoms with Gasteiger partial charge in [-0.3, -0.25) is 0 Å². The fraction of sp³-hybridized carbons (Fsp3) is 1.00. The van der Waals surface area contributed by atoms with Crippen LogP contribution in [0.1, 0.15) is 12.8 Å². The lowest BCUT2D eigenvalue weighted by atomic mass is 10.1. The molecule has 48 valence electrons. The standard InChI is InChI=1S/C5H11ClN2/c6-8-3-1-2-5(7)4-8/h5H,1-4,7H2. The van der Waals surface area contributed by atoms with Crippen LogP contribution in [0.4, 0.5) is 0 Å². The molecule has 0 saturated carbocycles. The van der Waals surface area contributed by atoms with Gasteiger partial charge in [-0.25, -0.2) is 4.42 Å². The zero-order chi connectivity index (χ0) is 5.98. The summed E-state index contributed by atoms with van der Waals surface area (Å²) in [6, 6.07) is 0.307. The summed E-state index contributed by atoms with van der Waals surface area (Å²) in [7, 11) is 0. The fourth-order valence-corrected chi connectivity index (χ4v) is 1.26. The highest BCUT2D eigenvalue weighted by molar-refractivity contribution is 6.13. The summed E-state index contributed by atoms with van der Waals surface area (Å²) in [6.07, 6.45) is 2.27. The Kier molecular flexibility index (Phi) is 2.11. The highest BCUT2D eigenvalue weighted by atomic mass is 35.5. The van der Waals surface area contributed by atoms with Gasteiger partial charge in [-0.05, 0) is 24.6 Å². The molecular weight excluding hydrogens is 124 g/mol. The first-order chi connectivity index (χ1) is 3.79. The van der Waals surface area contributed by atoms with Crippen molar-refractivity contribution in [1.29, 1.82) is 0 Å². The van der Waals surface area contributed by atoms with Crippen LogP contribution >= 0.6 is 11.8 Å². The minimum absolute atomic E-state index is 0.307. The smallest absolute Gasteiger partial charge is 0.0290 e. The third-order valence-corrected chi connectivity index (χ3v) is 1.72. The molecule has 1 saturated heterocycles. The average Bonchev–Trinajstić information content (AvgIpc) is 1.64. The lowest BCUT2D eigenvalue weighted by Crippen LogP contribution is -2.37. The van der Waals surface area contributed by atoms with Crippen molar-refractivity contribution in [3.05, 3.63) is 0 Å². The molecule has 1 heterocycles. The van der Waals surface area contributed by atoms with E-state index in [1.165, 1.54) is 0 Å². The molecule has 0 aromatic carbocycles. The third kappa shape index (κ3) is 1.62. The van der Waals surface area contributed by atoms with E-state index >= 15 is 0 Å². The Morgan fingerprint density at radius 1 is 1.62 bits per heavy atom. The molecule has 0 aromatic rings. The first-order valence-electron chi connectivity index (χ1n) is 2.95. The van der Waals surface area contributed by atoms with Crippen molar-refractivity contribution >= 4 is 11.8 Å². The molecule has 1 atom stereocenters. The van der Waals surface area contributed by atoms with Gasteiger partial charge in [0.1, 0.15) is 0 Å². The van der Waals surface area contributed by atoms with Crippen molar-refractivity contribution in [3.8, 4) is 0 Å². The van der Waals surface area contributed by atoms with Gasteiger partial charge in [-0.15, -0.1) is 0 Å². The van der Waals surface area contributed by atoms with Gasteiger partial charge >= 0.3 is 0 Å². The highest BCUT2D eigenvalue weighted by Crippen LogP contribution is 2.08. The topological polar surface area (TPSA) is 29.3 Å². The molecule has 1 fully saturated rings. The molecule has 2 N–H and O–H groups in total. The fourth-order valence-electron chi connectivity index (χ4n) is 0.962. The van der Waals surface area contributed by atoms with Crippen LogP contribution in [-0.4, -0.2) is 23.6 Å². The Morgan fingerprint density at radius 2 is 2.38 bits per heavy atom. The molecule has 0 bridgehead atoms. The molecule has 2 nitrogen and oxygen atoms in total. The van der Waals surface area contributed by atoms with Crippen molar-refractivity contribution in [2.45, 2.75) is 18.9 Å². The van der Waals surface area contributed by atoms with E-state index in [1.807, 2.05) is 0 Å². The van der Waals surface area contributed by atoms with E-state index in [4.69, 9.17) is 17.5 Å². The number of halogens is 1. The number of piperidine rings is 1. The SMILES string of the molecule is NC1CCCN(Cl)C1. The van der Waals surface area contributed by atoms with Gasteiger partial charge in [0, 0.05) is 19.1 Å². The summed E-state index contributed by atoms with van der Waals surface area (Å²) in [5.41, 5.74) is 5.60. The summed E-state index contributed by atoms with van der Waals surface area (Å²) >= 11 is 5.66. The molecule has 0 radical (unpaired) electrons. The maximum atomic E-state index is 5.66. The summed E-state index contributed by atoms with van der Waals surface area (Å²) in [4.78, 5) is 0. The van der Waals surface area contributed by atoms with Gasteiger partial charge < -0.3 is 5.73 Å². The highest BCUT2D eigenvalue weighted by Gasteiger charge is 2.13. The van der Waals surface area contributed by atoms with Crippen molar-refractivity contribution in [1.82, 2.24) is 4.42 Å². The van der Waals surface area contributed by atoms with Gasteiger partial charge in [-0.2, -0.15) is 0 Å². The van der Waals surface area contributed by atoms with Gasteiger partial charge in [0.2, 0.25) is 0 Å². The van der Waals surface area contributed by atoms with Crippen molar-refractivity contribution in [3.63, 3.8) is 0 Å². The molecule has 0 amide bonds. The Hall–Kier alpha value is 0.210. The molecule has 1 aliphatic rings. The quantitative estimate of drug-likeness (QED) is 0.491.